The van der Waals surface area contributed by atoms with E-state index in [4.69, 9.17) is 9.15 Å². The molecule has 0 aliphatic heterocycles. The molecule has 9 heteroatoms. The molecule has 1 unspecified atom stereocenters. The summed E-state index contributed by atoms with van der Waals surface area (Å²) in [5.74, 6) is -1.15. The van der Waals surface area contributed by atoms with Crippen molar-refractivity contribution in [1.29, 1.82) is 0 Å². The van der Waals surface area contributed by atoms with Crippen LogP contribution in [0.15, 0.2) is 47.1 Å². The van der Waals surface area contributed by atoms with E-state index in [-0.39, 0.29) is 11.5 Å². The van der Waals surface area contributed by atoms with Crippen LogP contribution in [0.25, 0.3) is 0 Å². The fraction of sp³-hybridized carbons (Fsp3) is 0.300. The third-order valence-electron chi connectivity index (χ3n) is 3.87. The highest BCUT2D eigenvalue weighted by Crippen LogP contribution is 2.10. The number of hydrogen-bond acceptors (Lipinski definition) is 7. The van der Waals surface area contributed by atoms with E-state index in [0.29, 0.717) is 23.4 Å². The predicted molar refractivity (Wildman–Crippen MR) is 109 cm³/mol. The molecule has 0 saturated carbocycles. The fourth-order valence-electron chi connectivity index (χ4n) is 2.34. The number of rotatable bonds is 10. The van der Waals surface area contributed by atoms with Crippen LogP contribution in [0, 0.1) is 0 Å². The Labute approximate surface area is 172 Å². The Hall–Kier alpha value is -3.07. The first-order valence-electron chi connectivity index (χ1n) is 8.81. The van der Waals surface area contributed by atoms with Gasteiger partial charge in [-0.25, -0.2) is 4.79 Å². The average Bonchev–Trinajstić information content (AvgIpc) is 3.24. The van der Waals surface area contributed by atoms with E-state index in [9.17, 15) is 19.2 Å². The topological polar surface area (TPSA) is 115 Å². The van der Waals surface area contributed by atoms with E-state index in [1.165, 1.54) is 31.0 Å². The number of Topliss-reactive ketones (excluding diaryl/α,β-unsaturated/α-hetero) is 1. The summed E-state index contributed by atoms with van der Waals surface area (Å²) in [4.78, 5) is 47.7. The highest BCUT2D eigenvalue weighted by atomic mass is 32.2. The lowest BCUT2D eigenvalue weighted by molar-refractivity contribution is -0.149. The van der Waals surface area contributed by atoms with Crippen molar-refractivity contribution in [2.45, 2.75) is 19.4 Å². The quantitative estimate of drug-likeness (QED) is 0.450. The van der Waals surface area contributed by atoms with Crippen LogP contribution in [0.1, 0.15) is 34.3 Å². The summed E-state index contributed by atoms with van der Waals surface area (Å²) in [7, 11) is 0. The molecule has 2 rings (SSSR count). The first kappa shape index (κ1) is 22.2. The summed E-state index contributed by atoms with van der Waals surface area (Å²) in [6.07, 6.45) is 3.58. The zero-order valence-corrected chi connectivity index (χ0v) is 16.9. The number of nitrogens with one attached hydrogen (secondary N) is 2. The number of furan rings is 1. The van der Waals surface area contributed by atoms with Crippen molar-refractivity contribution in [2.24, 2.45) is 0 Å². The second kappa shape index (κ2) is 11.1. The predicted octanol–water partition coefficient (Wildman–Crippen LogP) is 2.52. The third-order valence-corrected chi connectivity index (χ3v) is 4.51. The number of thioether (sulfide) groups is 1. The Balaban J connectivity index is 1.88. The lowest BCUT2D eigenvalue weighted by Crippen LogP contribution is -2.43. The Morgan fingerprint density at radius 1 is 1.14 bits per heavy atom. The van der Waals surface area contributed by atoms with Gasteiger partial charge in [-0.2, -0.15) is 11.8 Å². The van der Waals surface area contributed by atoms with Gasteiger partial charge < -0.3 is 19.8 Å². The molecule has 2 N–H and O–H groups in total. The van der Waals surface area contributed by atoms with Gasteiger partial charge in [0.25, 0.3) is 11.8 Å². The minimum Gasteiger partial charge on any atom is -0.459 e. The van der Waals surface area contributed by atoms with Crippen molar-refractivity contribution in [2.75, 3.05) is 23.9 Å². The molecule has 1 aromatic carbocycles. The summed E-state index contributed by atoms with van der Waals surface area (Å²) >= 11 is 1.52. The molecule has 1 atom stereocenters. The molecule has 8 nitrogen and oxygen atoms in total. The number of ether oxygens (including phenoxy) is 1. The van der Waals surface area contributed by atoms with Gasteiger partial charge >= 0.3 is 5.97 Å². The number of esters is 1. The molecule has 0 saturated heterocycles. The van der Waals surface area contributed by atoms with Crippen LogP contribution in [0.2, 0.25) is 0 Å². The number of anilines is 1. The minimum atomic E-state index is -0.900. The van der Waals surface area contributed by atoms with Crippen LogP contribution >= 0.6 is 11.8 Å². The van der Waals surface area contributed by atoms with E-state index in [2.05, 4.69) is 10.6 Å². The molecule has 2 aromatic rings. The number of carbonyl (C=O) groups is 4. The van der Waals surface area contributed by atoms with E-state index in [1.807, 2.05) is 6.26 Å². The molecule has 2 amide bonds. The Morgan fingerprint density at radius 2 is 1.86 bits per heavy atom. The van der Waals surface area contributed by atoms with Crippen molar-refractivity contribution < 1.29 is 28.3 Å². The summed E-state index contributed by atoms with van der Waals surface area (Å²) < 4.78 is 10.1. The third kappa shape index (κ3) is 7.11. The number of benzene rings is 1. The summed E-state index contributed by atoms with van der Waals surface area (Å²) in [5, 5.41) is 5.13. The first-order valence-corrected chi connectivity index (χ1v) is 10.2. The number of hydrogen-bond donors (Lipinski definition) is 2. The van der Waals surface area contributed by atoms with Gasteiger partial charge in [0, 0.05) is 11.3 Å². The van der Waals surface area contributed by atoms with Gasteiger partial charge in [0.05, 0.1) is 6.26 Å². The van der Waals surface area contributed by atoms with Crippen LogP contribution in [-0.2, 0) is 14.3 Å². The molecule has 1 heterocycles. The van der Waals surface area contributed by atoms with E-state index in [1.54, 1.807) is 30.3 Å². The summed E-state index contributed by atoms with van der Waals surface area (Å²) in [5.41, 5.74) is 1.000. The molecule has 0 radical (unpaired) electrons. The van der Waals surface area contributed by atoms with Crippen molar-refractivity contribution in [3.8, 4) is 0 Å². The van der Waals surface area contributed by atoms with Crippen molar-refractivity contribution in [3.63, 3.8) is 0 Å². The number of amides is 2. The first-order chi connectivity index (χ1) is 13.9. The van der Waals surface area contributed by atoms with Gasteiger partial charge in [0.1, 0.15) is 6.04 Å². The van der Waals surface area contributed by atoms with Gasteiger partial charge in [-0.05, 0) is 61.8 Å². The van der Waals surface area contributed by atoms with E-state index < -0.39 is 30.4 Å². The highest BCUT2D eigenvalue weighted by molar-refractivity contribution is 7.98. The normalized spacial score (nSPS) is 11.4. The van der Waals surface area contributed by atoms with Crippen LogP contribution in [0.4, 0.5) is 5.69 Å². The van der Waals surface area contributed by atoms with Gasteiger partial charge in [-0.15, -0.1) is 0 Å². The van der Waals surface area contributed by atoms with E-state index >= 15 is 0 Å². The Kier molecular flexibility index (Phi) is 8.47. The lowest BCUT2D eigenvalue weighted by Gasteiger charge is -2.16. The molecule has 0 bridgehead atoms. The Morgan fingerprint density at radius 3 is 2.45 bits per heavy atom. The molecule has 0 aliphatic rings. The van der Waals surface area contributed by atoms with Gasteiger partial charge in [0.15, 0.2) is 18.2 Å². The zero-order chi connectivity index (χ0) is 21.2. The molecule has 0 fully saturated rings. The molecular formula is C20H22N2O6S. The molecule has 1 aromatic heterocycles. The van der Waals surface area contributed by atoms with Crippen LogP contribution in [-0.4, -0.2) is 48.2 Å². The second-order valence-electron chi connectivity index (χ2n) is 6.07. The van der Waals surface area contributed by atoms with Gasteiger partial charge in [-0.3, -0.25) is 14.4 Å². The number of ketones is 1. The smallest absolute Gasteiger partial charge is 0.329 e. The second-order valence-corrected chi connectivity index (χ2v) is 7.06. The largest absolute Gasteiger partial charge is 0.459 e. The molecule has 29 heavy (non-hydrogen) atoms. The summed E-state index contributed by atoms with van der Waals surface area (Å²) in [6, 6.07) is 8.50. The summed E-state index contributed by atoms with van der Waals surface area (Å²) in [6.45, 7) is 0.949. The van der Waals surface area contributed by atoms with Gasteiger partial charge in [-0.1, -0.05) is 0 Å². The van der Waals surface area contributed by atoms with E-state index in [0.717, 1.165) is 0 Å². The maximum absolute atomic E-state index is 12.3. The van der Waals surface area contributed by atoms with Crippen LogP contribution < -0.4 is 10.6 Å². The molecular weight excluding hydrogens is 396 g/mol. The fourth-order valence-corrected chi connectivity index (χ4v) is 2.82. The maximum Gasteiger partial charge on any atom is 0.329 e. The molecule has 0 spiro atoms. The molecule has 154 valence electrons. The number of carbonyl (C=O) groups excluding carboxylic acids is 4. The SMILES string of the molecule is CSCCC(NC(=O)c1ccco1)C(=O)OCC(=O)Nc1ccc(C(C)=O)cc1. The van der Waals surface area contributed by atoms with Crippen molar-refractivity contribution in [3.05, 3.63) is 54.0 Å². The average molecular weight is 418 g/mol. The van der Waals surface area contributed by atoms with Gasteiger partial charge in [0.2, 0.25) is 0 Å². The Bertz CT molecular complexity index is 848. The van der Waals surface area contributed by atoms with Crippen molar-refractivity contribution >= 4 is 41.0 Å². The monoisotopic (exact) mass is 418 g/mol. The highest BCUT2D eigenvalue weighted by Gasteiger charge is 2.24. The minimum absolute atomic E-state index is 0.0790. The molecule has 0 aliphatic carbocycles. The zero-order valence-electron chi connectivity index (χ0n) is 16.1. The van der Waals surface area contributed by atoms with Crippen LogP contribution in [0.3, 0.4) is 0 Å². The maximum atomic E-state index is 12.3. The van der Waals surface area contributed by atoms with Crippen LogP contribution in [0.5, 0.6) is 0 Å². The van der Waals surface area contributed by atoms with Crippen molar-refractivity contribution in [1.82, 2.24) is 5.32 Å². The lowest BCUT2D eigenvalue weighted by atomic mass is 10.1. The standard InChI is InChI=1S/C20H22N2O6S/c1-13(23)14-5-7-15(8-6-14)21-18(24)12-28-20(26)16(9-11-29-2)22-19(25)17-4-3-10-27-17/h3-8,10,16H,9,11-12H2,1-2H3,(H,21,24)(H,22,25).